The van der Waals surface area contributed by atoms with E-state index < -0.39 is 5.97 Å². The molecule has 3 rings (SSSR count). The monoisotopic (exact) mass is 291 g/mol. The van der Waals surface area contributed by atoms with Crippen molar-refractivity contribution in [2.45, 2.75) is 43.5 Å². The molecule has 1 aromatic carbocycles. The summed E-state index contributed by atoms with van der Waals surface area (Å²) in [6, 6.07) is 8.54. The van der Waals surface area contributed by atoms with Gasteiger partial charge in [0.05, 0.1) is 5.92 Å². The number of hydrogen-bond donors (Lipinski definition) is 1. The number of hydrogen-bond acceptors (Lipinski definition) is 3. The third kappa shape index (κ3) is 2.59. The molecule has 0 spiro atoms. The Morgan fingerprint density at radius 2 is 2.20 bits per heavy atom. The van der Waals surface area contributed by atoms with Gasteiger partial charge in [-0.05, 0) is 29.7 Å². The van der Waals surface area contributed by atoms with Gasteiger partial charge in [-0.3, -0.25) is 9.69 Å². The third-order valence-electron chi connectivity index (χ3n) is 4.55. The minimum Gasteiger partial charge on any atom is -0.481 e. The highest BCUT2D eigenvalue weighted by atomic mass is 32.2. The first kappa shape index (κ1) is 14.0. The first-order valence-corrected chi connectivity index (χ1v) is 8.38. The van der Waals surface area contributed by atoms with Gasteiger partial charge in [0.1, 0.15) is 0 Å². The summed E-state index contributed by atoms with van der Waals surface area (Å²) in [5, 5.41) is 10.1. The molecule has 2 aliphatic rings. The van der Waals surface area contributed by atoms with E-state index >= 15 is 0 Å². The zero-order chi connectivity index (χ0) is 14.1. The highest BCUT2D eigenvalue weighted by Crippen LogP contribution is 2.35. The average Bonchev–Trinajstić information content (AvgIpc) is 2.46. The first-order chi connectivity index (χ1) is 9.66. The van der Waals surface area contributed by atoms with Gasteiger partial charge in [-0.25, -0.2) is 0 Å². The van der Waals surface area contributed by atoms with Crippen LogP contribution in [0.2, 0.25) is 0 Å². The molecule has 2 aliphatic heterocycles. The summed E-state index contributed by atoms with van der Waals surface area (Å²) in [6.45, 7) is 3.84. The van der Waals surface area contributed by atoms with Crippen LogP contribution >= 0.6 is 11.8 Å². The van der Waals surface area contributed by atoms with Crippen molar-refractivity contribution in [3.8, 4) is 0 Å². The lowest BCUT2D eigenvalue weighted by Gasteiger charge is -2.42. The Morgan fingerprint density at radius 1 is 1.40 bits per heavy atom. The molecule has 1 fully saturated rings. The molecule has 0 aromatic heterocycles. The van der Waals surface area contributed by atoms with E-state index in [4.69, 9.17) is 0 Å². The Balaban J connectivity index is 1.87. The van der Waals surface area contributed by atoms with Gasteiger partial charge in [0, 0.05) is 24.4 Å². The van der Waals surface area contributed by atoms with Crippen molar-refractivity contribution in [2.75, 3.05) is 12.3 Å². The molecule has 1 aromatic rings. The van der Waals surface area contributed by atoms with E-state index in [9.17, 15) is 9.90 Å². The van der Waals surface area contributed by atoms with E-state index in [2.05, 4.69) is 17.9 Å². The van der Waals surface area contributed by atoms with Crippen LogP contribution < -0.4 is 0 Å². The molecule has 4 heteroatoms. The fourth-order valence-corrected chi connectivity index (χ4v) is 4.72. The first-order valence-electron chi connectivity index (χ1n) is 7.33. The molecule has 20 heavy (non-hydrogen) atoms. The van der Waals surface area contributed by atoms with E-state index in [1.165, 1.54) is 24.2 Å². The minimum atomic E-state index is -0.696. The highest BCUT2D eigenvalue weighted by Gasteiger charge is 2.36. The van der Waals surface area contributed by atoms with Crippen LogP contribution in [0, 0.1) is 0 Å². The molecule has 3 unspecified atom stereocenters. The Morgan fingerprint density at radius 3 is 2.95 bits per heavy atom. The maximum absolute atomic E-state index is 11.6. The van der Waals surface area contributed by atoms with Crippen molar-refractivity contribution in [3.63, 3.8) is 0 Å². The molecule has 2 heterocycles. The maximum Gasteiger partial charge on any atom is 0.312 e. The van der Waals surface area contributed by atoms with Gasteiger partial charge in [0.2, 0.25) is 0 Å². The maximum atomic E-state index is 11.6. The third-order valence-corrected chi connectivity index (χ3v) is 5.92. The number of aliphatic carboxylic acids is 1. The number of fused-ring (bicyclic) bond motifs is 1. The van der Waals surface area contributed by atoms with Gasteiger partial charge in [0.15, 0.2) is 0 Å². The molecule has 0 amide bonds. The molecule has 0 aliphatic carbocycles. The van der Waals surface area contributed by atoms with Crippen molar-refractivity contribution in [3.05, 3.63) is 35.4 Å². The van der Waals surface area contributed by atoms with Crippen LogP contribution in [-0.4, -0.2) is 39.6 Å². The summed E-state index contributed by atoms with van der Waals surface area (Å²) >= 11 is 2.02. The fraction of sp³-hybridized carbons (Fsp3) is 0.562. The van der Waals surface area contributed by atoms with E-state index in [-0.39, 0.29) is 5.92 Å². The minimum absolute atomic E-state index is 0.376. The normalized spacial score (nSPS) is 30.8. The van der Waals surface area contributed by atoms with Gasteiger partial charge in [-0.15, -0.1) is 0 Å². The Kier molecular flexibility index (Phi) is 4.03. The Bertz CT molecular complexity index is 505. The zero-order valence-corrected chi connectivity index (χ0v) is 12.6. The average molecular weight is 291 g/mol. The van der Waals surface area contributed by atoms with Crippen LogP contribution in [0.1, 0.15) is 36.8 Å². The largest absolute Gasteiger partial charge is 0.481 e. The SMILES string of the molecule is CC1SCCCC1N1Cc2ccccc2C(C(=O)O)C1. The lowest BCUT2D eigenvalue weighted by molar-refractivity contribution is -0.139. The van der Waals surface area contributed by atoms with Crippen LogP contribution in [0.4, 0.5) is 0 Å². The smallest absolute Gasteiger partial charge is 0.312 e. The molecular formula is C16H21NO2S. The standard InChI is InChI=1S/C16H21NO2S/c1-11-15(7-4-8-20-11)17-9-12-5-2-3-6-13(12)14(10-17)16(18)19/h2-3,5-6,11,14-15H,4,7-10H2,1H3,(H,18,19). The Labute approximate surface area is 124 Å². The molecule has 0 radical (unpaired) electrons. The van der Waals surface area contributed by atoms with Crippen molar-refractivity contribution in [2.24, 2.45) is 0 Å². The van der Waals surface area contributed by atoms with Gasteiger partial charge in [0.25, 0.3) is 0 Å². The number of carboxylic acid groups (broad SMARTS) is 1. The van der Waals surface area contributed by atoms with Crippen LogP contribution in [0.15, 0.2) is 24.3 Å². The van der Waals surface area contributed by atoms with Gasteiger partial charge < -0.3 is 5.11 Å². The molecular weight excluding hydrogens is 270 g/mol. The lowest BCUT2D eigenvalue weighted by atomic mass is 9.88. The van der Waals surface area contributed by atoms with E-state index in [1.54, 1.807) is 0 Å². The van der Waals surface area contributed by atoms with Crippen LogP contribution in [-0.2, 0) is 11.3 Å². The second-order valence-corrected chi connectivity index (χ2v) is 7.29. The molecule has 0 bridgehead atoms. The molecule has 108 valence electrons. The quantitative estimate of drug-likeness (QED) is 0.909. The van der Waals surface area contributed by atoms with Crippen LogP contribution in [0.3, 0.4) is 0 Å². The van der Waals surface area contributed by atoms with Crippen LogP contribution in [0.25, 0.3) is 0 Å². The Hall–Kier alpha value is -1.00. The van der Waals surface area contributed by atoms with Crippen molar-refractivity contribution in [1.29, 1.82) is 0 Å². The summed E-state index contributed by atoms with van der Waals surface area (Å²) < 4.78 is 0. The second-order valence-electron chi connectivity index (χ2n) is 5.80. The number of thioether (sulfide) groups is 1. The lowest BCUT2D eigenvalue weighted by Crippen LogP contribution is -2.47. The van der Waals surface area contributed by atoms with E-state index in [0.29, 0.717) is 17.8 Å². The summed E-state index contributed by atoms with van der Waals surface area (Å²) in [5.74, 6) is 0.169. The molecule has 3 atom stereocenters. The van der Waals surface area contributed by atoms with Crippen molar-refractivity contribution < 1.29 is 9.90 Å². The van der Waals surface area contributed by atoms with E-state index in [1.807, 2.05) is 30.0 Å². The zero-order valence-electron chi connectivity index (χ0n) is 11.8. The fourth-order valence-electron chi connectivity index (χ4n) is 3.49. The molecule has 1 N–H and O–H groups in total. The molecule has 1 saturated heterocycles. The second kappa shape index (κ2) is 5.78. The number of rotatable bonds is 2. The number of carboxylic acids is 1. The van der Waals surface area contributed by atoms with Crippen LogP contribution in [0.5, 0.6) is 0 Å². The summed E-state index contributed by atoms with van der Waals surface area (Å²) in [6.07, 6.45) is 2.44. The number of nitrogens with zero attached hydrogens (tertiary/aromatic N) is 1. The summed E-state index contributed by atoms with van der Waals surface area (Å²) in [5.41, 5.74) is 2.20. The number of carbonyl (C=O) groups is 1. The van der Waals surface area contributed by atoms with E-state index in [0.717, 1.165) is 12.1 Å². The summed E-state index contributed by atoms with van der Waals surface area (Å²) in [4.78, 5) is 14.0. The predicted octanol–water partition coefficient (Wildman–Crippen LogP) is 2.95. The molecule has 3 nitrogen and oxygen atoms in total. The topological polar surface area (TPSA) is 40.5 Å². The van der Waals surface area contributed by atoms with Gasteiger partial charge in [-0.2, -0.15) is 11.8 Å². The summed E-state index contributed by atoms with van der Waals surface area (Å²) in [7, 11) is 0. The molecule has 0 saturated carbocycles. The number of benzene rings is 1. The van der Waals surface area contributed by atoms with Gasteiger partial charge >= 0.3 is 5.97 Å². The van der Waals surface area contributed by atoms with Crippen molar-refractivity contribution in [1.82, 2.24) is 4.90 Å². The highest BCUT2D eigenvalue weighted by molar-refractivity contribution is 7.99. The van der Waals surface area contributed by atoms with Gasteiger partial charge in [-0.1, -0.05) is 31.2 Å². The van der Waals surface area contributed by atoms with Crippen molar-refractivity contribution >= 4 is 17.7 Å². The predicted molar refractivity (Wildman–Crippen MR) is 82.2 cm³/mol.